The average Bonchev–Trinajstić information content (AvgIpc) is 1.36. The Labute approximate surface area is 652 Å². The number of ether oxygens (including phenoxy) is 9. The fourth-order valence-electron chi connectivity index (χ4n) is 18.3. The normalized spacial score (nSPS) is 33.3. The van der Waals surface area contributed by atoms with Gasteiger partial charge in [-0.3, -0.25) is 28.8 Å². The number of hydrogen-bond acceptors (Lipinski definition) is 24. The van der Waals surface area contributed by atoms with Crippen molar-refractivity contribution >= 4 is 35.5 Å². The van der Waals surface area contributed by atoms with Gasteiger partial charge < -0.3 is 115 Å². The summed E-state index contributed by atoms with van der Waals surface area (Å²) in [5, 5.41) is 102. The van der Waals surface area contributed by atoms with E-state index in [1.807, 2.05) is 0 Å². The molecule has 29 heteroatoms. The number of amides is 5. The lowest BCUT2D eigenvalue weighted by atomic mass is 9.47. The molecule has 6 fully saturated rings. The molecule has 3 saturated carbocycles. The van der Waals surface area contributed by atoms with E-state index in [1.165, 1.54) is 55.4 Å². The molecular formula is C81H141N5O24. The van der Waals surface area contributed by atoms with Crippen molar-refractivity contribution in [1.82, 2.24) is 26.2 Å². The summed E-state index contributed by atoms with van der Waals surface area (Å²) in [5.41, 5.74) is 2.05. The Bertz CT molecular complexity index is 2720. The molecule has 0 spiro atoms. The maximum Gasteiger partial charge on any atom is 0.308 e. The third kappa shape index (κ3) is 27.2. The molecule has 0 bridgehead atoms. The number of aliphatic hydroxyl groups is 9. The standard InChI is InChI=1S/C81H141N5O24/c1-50(2)18-17-19-51(3)58-26-27-59-57-25-24-55-46-56(28-32-80(55,7)60(57)29-33-81(58,59)8)107-69(94)31-43-103-45-44-102-42-30-68(93)85-61(20-9-13-34-82-65(90)21-10-14-39-104-77-52(4)70(95)73(98)62(47-87)108-77)76(101)86(37-35-83-66(91)22-11-15-40-105-78-53(5)71(96)74(99)63(48-88)109-78)38-36-84-67(92)23-12-16-41-106-79-54(6)72(97)75(100)64(49-89)110-79/h24,50-54,56-64,70-75,77-79,87-89,95-100H,9-23,25-49H2,1-8H3,(H,82,90)(H,83,91)(H,84,92)(H,85,93)/t51-,52?,53?,54?,56+,57?,58?,59?,60?,61?,62?,63?,64?,70?,71?,72?,73?,74?,75?,77?,78?,79?,80+,81-/m1/s1. The minimum atomic E-state index is -1.27. The van der Waals surface area contributed by atoms with E-state index in [2.05, 4.69) is 62.0 Å². The fraction of sp³-hybridized carbons (Fsp3) is 0.901. The maximum absolute atomic E-state index is 14.8. The second-order valence-corrected chi connectivity index (χ2v) is 33.5. The van der Waals surface area contributed by atoms with Crippen molar-refractivity contribution in [3.8, 4) is 0 Å². The molecule has 29 nitrogen and oxygen atoms in total. The highest BCUT2D eigenvalue weighted by Gasteiger charge is 2.59. The predicted octanol–water partition coefficient (Wildman–Crippen LogP) is 4.37. The van der Waals surface area contributed by atoms with Gasteiger partial charge in [0.25, 0.3) is 0 Å². The molecule has 20 unspecified atom stereocenters. The van der Waals surface area contributed by atoms with E-state index in [0.29, 0.717) is 62.7 Å². The van der Waals surface area contributed by atoms with Crippen LogP contribution in [-0.4, -0.2) is 271 Å². The van der Waals surface area contributed by atoms with Crippen LogP contribution in [0.3, 0.4) is 0 Å². The van der Waals surface area contributed by atoms with Gasteiger partial charge in [0.2, 0.25) is 29.5 Å². The Morgan fingerprint density at radius 1 is 0.518 bits per heavy atom. The van der Waals surface area contributed by atoms with Crippen molar-refractivity contribution in [2.75, 3.05) is 98.8 Å². The first kappa shape index (κ1) is 93.0. The predicted molar refractivity (Wildman–Crippen MR) is 405 cm³/mol. The van der Waals surface area contributed by atoms with Crippen molar-refractivity contribution in [3.05, 3.63) is 11.6 Å². The Morgan fingerprint density at radius 2 is 1.01 bits per heavy atom. The van der Waals surface area contributed by atoms with Crippen LogP contribution in [0, 0.1) is 64.1 Å². The molecule has 7 rings (SSSR count). The Morgan fingerprint density at radius 3 is 1.50 bits per heavy atom. The number of allylic oxidation sites excluding steroid dienone is 1. The van der Waals surface area contributed by atoms with Crippen LogP contribution < -0.4 is 21.3 Å². The highest BCUT2D eigenvalue weighted by Crippen LogP contribution is 2.67. The Hall–Kier alpha value is -4.12. The summed E-state index contributed by atoms with van der Waals surface area (Å²) in [6, 6.07) is -1.07. The third-order valence-electron chi connectivity index (χ3n) is 25.3. The number of esters is 1. The summed E-state index contributed by atoms with van der Waals surface area (Å²) >= 11 is 0. The summed E-state index contributed by atoms with van der Waals surface area (Å²) < 4.78 is 52.0. The molecule has 0 aromatic carbocycles. The van der Waals surface area contributed by atoms with Gasteiger partial charge in [-0.15, -0.1) is 0 Å². The molecule has 0 aromatic rings. The largest absolute Gasteiger partial charge is 0.462 e. The topological polar surface area (TPSA) is 419 Å². The summed E-state index contributed by atoms with van der Waals surface area (Å²) in [4.78, 5) is 82.6. The zero-order valence-electron chi connectivity index (χ0n) is 67.2. The number of hydrogen-bond donors (Lipinski definition) is 13. The number of unbranched alkanes of at least 4 members (excludes halogenated alkanes) is 4. The monoisotopic (exact) mass is 1570 g/mol. The molecule has 3 saturated heterocycles. The molecule has 3 heterocycles. The van der Waals surface area contributed by atoms with Crippen molar-refractivity contribution in [3.63, 3.8) is 0 Å². The number of aliphatic hydroxyl groups excluding tert-OH is 9. The molecule has 13 N–H and O–H groups in total. The Balaban J connectivity index is 0.873. The van der Waals surface area contributed by atoms with Crippen LogP contribution in [0.5, 0.6) is 0 Å². The minimum Gasteiger partial charge on any atom is -0.462 e. The van der Waals surface area contributed by atoms with Crippen LogP contribution in [0.1, 0.15) is 216 Å². The van der Waals surface area contributed by atoms with E-state index >= 15 is 0 Å². The van der Waals surface area contributed by atoms with Crippen LogP contribution >= 0.6 is 0 Å². The third-order valence-corrected chi connectivity index (χ3v) is 25.3. The molecular weight excluding hydrogens is 1430 g/mol. The van der Waals surface area contributed by atoms with E-state index < -0.39 is 129 Å². The van der Waals surface area contributed by atoms with Crippen LogP contribution in [0.4, 0.5) is 0 Å². The minimum absolute atomic E-state index is 0.00419. The average molecular weight is 1570 g/mol. The zero-order valence-corrected chi connectivity index (χ0v) is 67.2. The molecule has 110 heavy (non-hydrogen) atoms. The van der Waals surface area contributed by atoms with Crippen LogP contribution in [-0.2, 0) is 71.4 Å². The van der Waals surface area contributed by atoms with Crippen LogP contribution in [0.25, 0.3) is 0 Å². The number of carbonyl (C=O) groups is 6. The van der Waals surface area contributed by atoms with Gasteiger partial charge in [0.1, 0.15) is 48.8 Å². The second-order valence-electron chi connectivity index (χ2n) is 33.5. The lowest BCUT2D eigenvalue weighted by molar-refractivity contribution is -0.282. The van der Waals surface area contributed by atoms with Crippen molar-refractivity contribution < 1.29 is 117 Å². The number of fused-ring (bicyclic) bond motifs is 5. The van der Waals surface area contributed by atoms with Crippen molar-refractivity contribution in [1.29, 1.82) is 0 Å². The highest BCUT2D eigenvalue weighted by molar-refractivity contribution is 5.88. The first-order valence-corrected chi connectivity index (χ1v) is 41.8. The fourth-order valence-corrected chi connectivity index (χ4v) is 18.3. The first-order valence-electron chi connectivity index (χ1n) is 41.8. The first-order chi connectivity index (χ1) is 52.6. The number of carbonyl (C=O) groups excluding carboxylic acids is 6. The van der Waals surface area contributed by atoms with E-state index in [1.54, 1.807) is 20.8 Å². The summed E-state index contributed by atoms with van der Waals surface area (Å²) in [5.74, 6) is 0.753. The number of nitrogens with zero attached hydrogens (tertiary/aromatic N) is 1. The van der Waals surface area contributed by atoms with E-state index in [-0.39, 0.29) is 153 Å². The van der Waals surface area contributed by atoms with Gasteiger partial charge in [0, 0.05) is 102 Å². The van der Waals surface area contributed by atoms with E-state index in [9.17, 15) is 74.7 Å². The second kappa shape index (κ2) is 47.2. The molecule has 0 radical (unpaired) electrons. The number of rotatable bonds is 49. The molecule has 634 valence electrons. The maximum atomic E-state index is 14.8. The van der Waals surface area contributed by atoms with Crippen LogP contribution in [0.2, 0.25) is 0 Å². The van der Waals surface area contributed by atoms with Gasteiger partial charge in [0.05, 0.1) is 71.0 Å². The summed E-state index contributed by atoms with van der Waals surface area (Å²) in [6.45, 7) is 17.1. The van der Waals surface area contributed by atoms with Crippen molar-refractivity contribution in [2.24, 2.45) is 64.1 Å². The van der Waals surface area contributed by atoms with Gasteiger partial charge in [-0.1, -0.05) is 86.3 Å². The molecule has 24 atom stereocenters. The quantitative estimate of drug-likeness (QED) is 0.0228. The van der Waals surface area contributed by atoms with Gasteiger partial charge in [0.15, 0.2) is 18.9 Å². The van der Waals surface area contributed by atoms with Crippen LogP contribution in [0.15, 0.2) is 11.6 Å². The summed E-state index contributed by atoms with van der Waals surface area (Å²) in [6.07, 6.45) is 6.65. The molecule has 0 aromatic heterocycles. The number of nitrogens with one attached hydrogen (secondary N) is 4. The summed E-state index contributed by atoms with van der Waals surface area (Å²) in [7, 11) is 0. The smallest absolute Gasteiger partial charge is 0.308 e. The van der Waals surface area contributed by atoms with Gasteiger partial charge in [-0.2, -0.15) is 0 Å². The lowest BCUT2D eigenvalue weighted by Gasteiger charge is -2.58. The van der Waals surface area contributed by atoms with E-state index in [0.717, 1.165) is 55.3 Å². The van der Waals surface area contributed by atoms with E-state index in [4.69, 9.17) is 42.6 Å². The SMILES string of the molecule is CC(C)CCC[C@@H](C)C1CCC2C3CC=C4C[C@@H](OC(=O)CCOCCOCCC(=O)NC(CCCCNC(=O)CCCCOC5OC(CO)C(O)C(O)C5C)C(=O)N(CCNC(=O)CCCCOC5OC(CO)C(O)C(O)C5C)CCNC(=O)CCCCOC5OC(CO)C(O)C(O)C5C)CC[C@]4(C)C3CC[C@@]21C. The van der Waals surface area contributed by atoms with Gasteiger partial charge >= 0.3 is 5.97 Å². The van der Waals surface area contributed by atoms with Crippen molar-refractivity contribution in [2.45, 2.75) is 302 Å². The molecule has 7 aliphatic rings. The van der Waals surface area contributed by atoms with Gasteiger partial charge in [-0.25, -0.2) is 0 Å². The molecule has 4 aliphatic carbocycles. The highest BCUT2D eigenvalue weighted by atomic mass is 16.7. The lowest BCUT2D eigenvalue weighted by Crippen LogP contribution is -2.55. The van der Waals surface area contributed by atoms with Gasteiger partial charge in [-0.05, 0) is 149 Å². The molecule has 3 aliphatic heterocycles. The Kier molecular flexibility index (Phi) is 39.9. The molecule has 5 amide bonds. The zero-order chi connectivity index (χ0) is 80.1.